The maximum Gasteiger partial charge on any atom is 0.0698 e. The Kier molecular flexibility index (Phi) is 6.78. The van der Waals surface area contributed by atoms with Crippen molar-refractivity contribution in [3.05, 3.63) is 7.05 Å². The molecule has 0 spiro atoms. The average Bonchev–Trinajstić information content (AvgIpc) is 1.81. The largest absolute Gasteiger partial charge is 0.394 e. The lowest BCUT2D eigenvalue weighted by Gasteiger charge is -1.98. The van der Waals surface area contributed by atoms with Gasteiger partial charge in [-0.25, -0.2) is 0 Å². The number of ether oxygens (including phenoxy) is 1. The van der Waals surface area contributed by atoms with Crippen molar-refractivity contribution in [2.24, 2.45) is 0 Å². The lowest BCUT2D eigenvalue weighted by Crippen LogP contribution is -2.13. The summed E-state index contributed by atoms with van der Waals surface area (Å²) in [6, 6.07) is 0. The first kappa shape index (κ1) is 7.88. The summed E-state index contributed by atoms with van der Waals surface area (Å²) in [6.45, 7) is 1.86. The average molecular weight is 118 g/mol. The van der Waals surface area contributed by atoms with Crippen LogP contribution in [0.2, 0.25) is 0 Å². The lowest BCUT2D eigenvalue weighted by molar-refractivity contribution is 0.0952. The van der Waals surface area contributed by atoms with Gasteiger partial charge in [-0.1, -0.05) is 0 Å². The van der Waals surface area contributed by atoms with E-state index in [1.165, 1.54) is 0 Å². The summed E-state index contributed by atoms with van der Waals surface area (Å²) in [4.78, 5) is 0. The highest BCUT2D eigenvalue weighted by atomic mass is 16.5. The number of aliphatic hydroxyl groups excluding tert-OH is 1. The zero-order chi connectivity index (χ0) is 6.24. The molecule has 8 heavy (non-hydrogen) atoms. The van der Waals surface area contributed by atoms with Crippen LogP contribution in [0.5, 0.6) is 0 Å². The van der Waals surface area contributed by atoms with Gasteiger partial charge >= 0.3 is 0 Å². The van der Waals surface area contributed by atoms with E-state index in [-0.39, 0.29) is 6.61 Å². The highest BCUT2D eigenvalue weighted by molar-refractivity contribution is 4.38. The van der Waals surface area contributed by atoms with Gasteiger partial charge in [-0.05, 0) is 0 Å². The summed E-state index contributed by atoms with van der Waals surface area (Å²) in [7, 11) is 3.39. The van der Waals surface area contributed by atoms with Crippen molar-refractivity contribution in [2.45, 2.75) is 0 Å². The Hall–Kier alpha value is -0.120. The number of aliphatic hydroxyl groups is 1. The summed E-state index contributed by atoms with van der Waals surface area (Å²) >= 11 is 0. The maximum atomic E-state index is 8.20. The predicted octanol–water partition coefficient (Wildman–Crippen LogP) is -0.624. The van der Waals surface area contributed by atoms with Crippen LogP contribution in [0.15, 0.2) is 0 Å². The van der Waals surface area contributed by atoms with Gasteiger partial charge in [0.2, 0.25) is 0 Å². The van der Waals surface area contributed by atoms with E-state index in [2.05, 4.69) is 12.4 Å². The quantitative estimate of drug-likeness (QED) is 0.472. The topological polar surface area (TPSA) is 41.5 Å². The van der Waals surface area contributed by atoms with Crippen LogP contribution >= 0.6 is 0 Å². The standard InChI is InChI=1S/C5H12NO2/c1-6-2-4-8-5-3-7/h6-7H,1-5H2. The smallest absolute Gasteiger partial charge is 0.0698 e. The molecule has 0 aromatic rings. The molecule has 0 saturated heterocycles. The molecule has 0 fully saturated rings. The summed E-state index contributed by atoms with van der Waals surface area (Å²) in [5.74, 6) is 0. The van der Waals surface area contributed by atoms with Crippen molar-refractivity contribution in [3.8, 4) is 0 Å². The molecule has 0 aliphatic heterocycles. The monoisotopic (exact) mass is 118 g/mol. The molecule has 0 saturated carbocycles. The second kappa shape index (κ2) is 6.88. The molecule has 0 atom stereocenters. The molecule has 0 unspecified atom stereocenters. The van der Waals surface area contributed by atoms with Crippen molar-refractivity contribution in [2.75, 3.05) is 26.4 Å². The van der Waals surface area contributed by atoms with Crippen LogP contribution in [0.3, 0.4) is 0 Å². The molecule has 3 heteroatoms. The fourth-order valence-electron chi connectivity index (χ4n) is 0.311. The maximum absolute atomic E-state index is 8.20. The van der Waals surface area contributed by atoms with Gasteiger partial charge in [0.05, 0.1) is 19.8 Å². The first-order valence-electron chi connectivity index (χ1n) is 2.60. The number of nitrogens with one attached hydrogen (secondary N) is 1. The van der Waals surface area contributed by atoms with Crippen LogP contribution < -0.4 is 5.32 Å². The second-order valence-corrected chi connectivity index (χ2v) is 1.34. The molecule has 0 aromatic carbocycles. The van der Waals surface area contributed by atoms with E-state index >= 15 is 0 Å². The van der Waals surface area contributed by atoms with Gasteiger partial charge in [0.15, 0.2) is 0 Å². The third-order valence-corrected chi connectivity index (χ3v) is 0.659. The molecular weight excluding hydrogens is 106 g/mol. The molecule has 0 amide bonds. The van der Waals surface area contributed by atoms with E-state index < -0.39 is 0 Å². The molecule has 2 N–H and O–H groups in total. The van der Waals surface area contributed by atoms with E-state index in [1.807, 2.05) is 0 Å². The van der Waals surface area contributed by atoms with Crippen molar-refractivity contribution >= 4 is 0 Å². The zero-order valence-corrected chi connectivity index (χ0v) is 4.89. The Morgan fingerprint density at radius 1 is 1.50 bits per heavy atom. The summed E-state index contributed by atoms with van der Waals surface area (Å²) in [5, 5.41) is 10.9. The third kappa shape index (κ3) is 5.88. The number of hydrogen-bond acceptors (Lipinski definition) is 3. The Morgan fingerprint density at radius 2 is 2.25 bits per heavy atom. The van der Waals surface area contributed by atoms with Crippen molar-refractivity contribution < 1.29 is 9.84 Å². The Balaban J connectivity index is 2.53. The lowest BCUT2D eigenvalue weighted by atomic mass is 10.7. The van der Waals surface area contributed by atoms with Crippen LogP contribution in [0.1, 0.15) is 0 Å². The van der Waals surface area contributed by atoms with Crippen LogP contribution in [-0.4, -0.2) is 31.5 Å². The normalized spacial score (nSPS) is 9.75. The van der Waals surface area contributed by atoms with Gasteiger partial charge in [-0.15, -0.1) is 0 Å². The van der Waals surface area contributed by atoms with E-state index in [9.17, 15) is 0 Å². The van der Waals surface area contributed by atoms with Crippen molar-refractivity contribution in [3.63, 3.8) is 0 Å². The van der Waals surface area contributed by atoms with Crippen molar-refractivity contribution in [1.29, 1.82) is 0 Å². The van der Waals surface area contributed by atoms with Crippen LogP contribution in [0.25, 0.3) is 0 Å². The van der Waals surface area contributed by atoms with E-state index in [4.69, 9.17) is 9.84 Å². The van der Waals surface area contributed by atoms with E-state index in [0.717, 1.165) is 6.54 Å². The summed E-state index contributed by atoms with van der Waals surface area (Å²) < 4.78 is 4.87. The molecule has 49 valence electrons. The third-order valence-electron chi connectivity index (χ3n) is 0.659. The fourth-order valence-corrected chi connectivity index (χ4v) is 0.311. The molecule has 0 aromatic heterocycles. The second-order valence-electron chi connectivity index (χ2n) is 1.34. The minimum absolute atomic E-state index is 0.0944. The summed E-state index contributed by atoms with van der Waals surface area (Å²) in [6.07, 6.45) is 0. The zero-order valence-electron chi connectivity index (χ0n) is 4.89. The van der Waals surface area contributed by atoms with Gasteiger partial charge in [-0.2, -0.15) is 0 Å². The molecule has 0 aliphatic rings. The number of hydrogen-bond donors (Lipinski definition) is 2. The van der Waals surface area contributed by atoms with Gasteiger partial charge in [-0.3, -0.25) is 0 Å². The van der Waals surface area contributed by atoms with Gasteiger partial charge in [0.1, 0.15) is 0 Å². The first-order valence-corrected chi connectivity index (χ1v) is 2.60. The molecule has 0 heterocycles. The molecule has 0 bridgehead atoms. The fraction of sp³-hybridized carbons (Fsp3) is 0.800. The minimum atomic E-state index is 0.0944. The minimum Gasteiger partial charge on any atom is -0.394 e. The molecule has 3 nitrogen and oxygen atoms in total. The van der Waals surface area contributed by atoms with Gasteiger partial charge in [0.25, 0.3) is 0 Å². The first-order chi connectivity index (χ1) is 3.91. The number of rotatable bonds is 5. The van der Waals surface area contributed by atoms with Crippen LogP contribution in [0, 0.1) is 7.05 Å². The predicted molar refractivity (Wildman–Crippen MR) is 31.3 cm³/mol. The molecular formula is C5H12NO2. The van der Waals surface area contributed by atoms with Gasteiger partial charge < -0.3 is 15.2 Å². The summed E-state index contributed by atoms with van der Waals surface area (Å²) in [5.41, 5.74) is 0. The van der Waals surface area contributed by atoms with E-state index in [1.54, 1.807) is 0 Å². The molecule has 0 rings (SSSR count). The Morgan fingerprint density at radius 3 is 2.75 bits per heavy atom. The van der Waals surface area contributed by atoms with Crippen LogP contribution in [-0.2, 0) is 4.74 Å². The van der Waals surface area contributed by atoms with Gasteiger partial charge in [0, 0.05) is 13.6 Å². The molecule has 1 radical (unpaired) electrons. The van der Waals surface area contributed by atoms with E-state index in [0.29, 0.717) is 13.2 Å². The highest BCUT2D eigenvalue weighted by Gasteiger charge is 1.81. The van der Waals surface area contributed by atoms with Crippen LogP contribution in [0.4, 0.5) is 0 Å². The van der Waals surface area contributed by atoms with Crippen molar-refractivity contribution in [1.82, 2.24) is 5.32 Å². The SMILES string of the molecule is [CH2]NCCOCCO. The Bertz CT molecular complexity index is 35.4. The highest BCUT2D eigenvalue weighted by Crippen LogP contribution is 1.69. The molecule has 0 aliphatic carbocycles. The Labute approximate surface area is 49.7 Å².